The van der Waals surface area contributed by atoms with Gasteiger partial charge in [0.25, 0.3) is 0 Å². The summed E-state index contributed by atoms with van der Waals surface area (Å²) >= 11 is 9.38. The number of amides is 1. The minimum absolute atomic E-state index is 0.0468. The van der Waals surface area contributed by atoms with E-state index in [2.05, 4.69) is 65.4 Å². The molecule has 2 atom stereocenters. The molecular weight excluding hydrogens is 534 g/mol. The maximum atomic E-state index is 12.9. The second kappa shape index (κ2) is 10.6. The molecule has 1 saturated heterocycles. The Labute approximate surface area is 224 Å². The lowest BCUT2D eigenvalue weighted by Crippen LogP contribution is -2.33. The summed E-state index contributed by atoms with van der Waals surface area (Å²) in [6.07, 6.45) is 4.15. The lowest BCUT2D eigenvalue weighted by atomic mass is 10.0. The van der Waals surface area contributed by atoms with Gasteiger partial charge in [-0.05, 0) is 73.2 Å². The smallest absolute Gasteiger partial charge is 0.226 e. The molecule has 0 spiro atoms. The molecule has 6 nitrogen and oxygen atoms in total. The second-order valence-corrected chi connectivity index (χ2v) is 10.0. The number of anilines is 1. The van der Waals surface area contributed by atoms with Crippen molar-refractivity contribution in [1.82, 2.24) is 19.8 Å². The van der Waals surface area contributed by atoms with Crippen LogP contribution in [0.25, 0.3) is 5.69 Å². The van der Waals surface area contributed by atoms with Crippen LogP contribution >= 0.6 is 28.1 Å². The standard InChI is InChI=1S/C28H26BrN5OS/c1-19-8-2-3-11-22(19)31-25(35)14-17-34-27(26(32-28(34)36)23-12-4-5-15-30-23)24-13-7-16-33(24)21-10-6-9-20(29)18-21/h2-13,15-16,18,26-27H,14,17H2,1H3,(H,31,35)(H,32,36)/t26-,27-/m0/s1. The maximum absolute atomic E-state index is 12.9. The summed E-state index contributed by atoms with van der Waals surface area (Å²) in [5.41, 5.74) is 4.87. The van der Waals surface area contributed by atoms with Gasteiger partial charge in [-0.25, -0.2) is 0 Å². The minimum atomic E-state index is -0.154. The van der Waals surface area contributed by atoms with Crippen molar-refractivity contribution in [3.63, 3.8) is 0 Å². The molecule has 0 unspecified atom stereocenters. The van der Waals surface area contributed by atoms with Gasteiger partial charge >= 0.3 is 0 Å². The van der Waals surface area contributed by atoms with Gasteiger partial charge in [-0.1, -0.05) is 46.3 Å². The summed E-state index contributed by atoms with van der Waals surface area (Å²) in [6.45, 7) is 2.46. The molecule has 4 aromatic rings. The van der Waals surface area contributed by atoms with E-state index in [-0.39, 0.29) is 18.0 Å². The van der Waals surface area contributed by atoms with Gasteiger partial charge in [-0.15, -0.1) is 0 Å². The van der Waals surface area contributed by atoms with E-state index >= 15 is 0 Å². The topological polar surface area (TPSA) is 62.2 Å². The molecule has 182 valence electrons. The number of hydrogen-bond acceptors (Lipinski definition) is 3. The Hall–Kier alpha value is -3.49. The number of pyridine rings is 1. The number of halogens is 1. The van der Waals surface area contributed by atoms with Gasteiger partial charge in [0.05, 0.1) is 17.8 Å². The number of rotatable bonds is 7. The molecular formula is C28H26BrN5OS. The fourth-order valence-corrected chi connectivity index (χ4v) is 5.33. The van der Waals surface area contributed by atoms with E-state index in [0.717, 1.165) is 32.8 Å². The molecule has 0 saturated carbocycles. The highest BCUT2D eigenvalue weighted by Gasteiger charge is 2.41. The van der Waals surface area contributed by atoms with Gasteiger partial charge in [-0.2, -0.15) is 0 Å². The molecule has 1 fully saturated rings. The van der Waals surface area contributed by atoms with Crippen LogP contribution < -0.4 is 10.6 Å². The summed E-state index contributed by atoms with van der Waals surface area (Å²) in [6, 6.07) is 25.7. The molecule has 2 aromatic carbocycles. The van der Waals surface area contributed by atoms with Crippen LogP contribution in [-0.2, 0) is 4.79 Å². The molecule has 36 heavy (non-hydrogen) atoms. The molecule has 2 aromatic heterocycles. The number of aryl methyl sites for hydroxylation is 1. The summed E-state index contributed by atoms with van der Waals surface area (Å²) in [4.78, 5) is 19.6. The highest BCUT2D eigenvalue weighted by atomic mass is 79.9. The number of para-hydroxylation sites is 1. The molecule has 3 heterocycles. The third-order valence-electron chi connectivity index (χ3n) is 6.37. The lowest BCUT2D eigenvalue weighted by molar-refractivity contribution is -0.116. The molecule has 0 bridgehead atoms. The predicted molar refractivity (Wildman–Crippen MR) is 150 cm³/mol. The van der Waals surface area contributed by atoms with E-state index in [1.165, 1.54) is 0 Å². The number of thiocarbonyl (C=S) groups is 1. The first-order valence-corrected chi connectivity index (χ1v) is 13.0. The van der Waals surface area contributed by atoms with Crippen LogP contribution in [-0.4, -0.2) is 32.0 Å². The highest BCUT2D eigenvalue weighted by Crippen LogP contribution is 2.39. The normalized spacial score (nSPS) is 17.2. The summed E-state index contributed by atoms with van der Waals surface area (Å²) < 4.78 is 3.17. The second-order valence-electron chi connectivity index (χ2n) is 8.72. The average molecular weight is 561 g/mol. The Morgan fingerprint density at radius 1 is 1.08 bits per heavy atom. The zero-order valence-electron chi connectivity index (χ0n) is 19.8. The number of nitrogens with one attached hydrogen (secondary N) is 2. The van der Waals surface area contributed by atoms with Crippen LogP contribution in [0, 0.1) is 6.92 Å². The summed E-state index contributed by atoms with van der Waals surface area (Å²) in [5.74, 6) is -0.0468. The monoisotopic (exact) mass is 559 g/mol. The first-order chi connectivity index (χ1) is 17.5. The van der Waals surface area contributed by atoms with Crippen LogP contribution in [0.4, 0.5) is 5.69 Å². The molecule has 1 aliphatic rings. The van der Waals surface area contributed by atoms with Crippen molar-refractivity contribution in [1.29, 1.82) is 0 Å². The predicted octanol–water partition coefficient (Wildman–Crippen LogP) is 5.94. The molecule has 0 aliphatic carbocycles. The van der Waals surface area contributed by atoms with Crippen molar-refractivity contribution in [3.8, 4) is 5.69 Å². The van der Waals surface area contributed by atoms with Gasteiger partial charge in [-0.3, -0.25) is 9.78 Å². The van der Waals surface area contributed by atoms with E-state index < -0.39 is 0 Å². The van der Waals surface area contributed by atoms with Crippen LogP contribution in [0.5, 0.6) is 0 Å². The van der Waals surface area contributed by atoms with E-state index in [4.69, 9.17) is 12.2 Å². The maximum Gasteiger partial charge on any atom is 0.226 e. The van der Waals surface area contributed by atoms with Gasteiger partial charge in [0.2, 0.25) is 5.91 Å². The van der Waals surface area contributed by atoms with Gasteiger partial charge < -0.3 is 20.1 Å². The summed E-state index contributed by atoms with van der Waals surface area (Å²) in [5, 5.41) is 7.12. The number of aromatic nitrogens is 2. The van der Waals surface area contributed by atoms with Crippen LogP contribution in [0.1, 0.15) is 35.5 Å². The van der Waals surface area contributed by atoms with E-state index in [1.807, 2.05) is 67.6 Å². The lowest BCUT2D eigenvalue weighted by Gasteiger charge is -2.29. The SMILES string of the molecule is Cc1ccccc1NC(=O)CCN1C(=S)N[C@@H](c2ccccn2)[C@@H]1c1cccn1-c1cccc(Br)c1. The Morgan fingerprint density at radius 3 is 2.69 bits per heavy atom. The highest BCUT2D eigenvalue weighted by molar-refractivity contribution is 9.10. The van der Waals surface area contributed by atoms with Crippen LogP contribution in [0.15, 0.2) is 95.7 Å². The number of nitrogens with zero attached hydrogens (tertiary/aromatic N) is 3. The van der Waals surface area contributed by atoms with Gasteiger partial charge in [0.15, 0.2) is 5.11 Å². The number of carbonyl (C=O) groups excluding carboxylic acids is 1. The van der Waals surface area contributed by atoms with Crippen molar-refractivity contribution in [2.45, 2.75) is 25.4 Å². The fourth-order valence-electron chi connectivity index (χ4n) is 4.61. The van der Waals surface area contributed by atoms with E-state index in [1.54, 1.807) is 6.20 Å². The Bertz CT molecular complexity index is 1390. The Morgan fingerprint density at radius 2 is 1.92 bits per heavy atom. The quantitative estimate of drug-likeness (QED) is 0.274. The van der Waals surface area contributed by atoms with Crippen molar-refractivity contribution >= 4 is 44.9 Å². The van der Waals surface area contributed by atoms with E-state index in [0.29, 0.717) is 18.1 Å². The molecule has 2 N–H and O–H groups in total. The molecule has 1 aliphatic heterocycles. The molecule has 0 radical (unpaired) electrons. The van der Waals surface area contributed by atoms with Crippen LogP contribution in [0.2, 0.25) is 0 Å². The summed E-state index contributed by atoms with van der Waals surface area (Å²) in [7, 11) is 0. The van der Waals surface area contributed by atoms with Crippen molar-refractivity contribution in [2.24, 2.45) is 0 Å². The average Bonchev–Trinajstić information content (AvgIpc) is 3.49. The van der Waals surface area contributed by atoms with Crippen LogP contribution in [0.3, 0.4) is 0 Å². The van der Waals surface area contributed by atoms with Crippen molar-refractivity contribution in [2.75, 3.05) is 11.9 Å². The largest absolute Gasteiger partial charge is 0.352 e. The minimum Gasteiger partial charge on any atom is -0.352 e. The number of benzene rings is 2. The van der Waals surface area contributed by atoms with Gasteiger partial charge in [0.1, 0.15) is 0 Å². The molecule has 1 amide bonds. The molecule has 5 rings (SSSR count). The zero-order chi connectivity index (χ0) is 25.1. The molecule has 8 heteroatoms. The Kier molecular flexibility index (Phi) is 7.16. The zero-order valence-corrected chi connectivity index (χ0v) is 22.2. The van der Waals surface area contributed by atoms with Crippen molar-refractivity contribution in [3.05, 3.63) is 113 Å². The van der Waals surface area contributed by atoms with Gasteiger partial charge in [0, 0.05) is 46.9 Å². The third kappa shape index (κ3) is 5.05. The Balaban J connectivity index is 1.45. The number of carbonyl (C=O) groups is 1. The fraction of sp³-hybridized carbons (Fsp3) is 0.179. The first kappa shape index (κ1) is 24.2. The number of hydrogen-bond donors (Lipinski definition) is 2. The third-order valence-corrected chi connectivity index (χ3v) is 7.21. The first-order valence-electron chi connectivity index (χ1n) is 11.8. The van der Waals surface area contributed by atoms with Crippen molar-refractivity contribution < 1.29 is 4.79 Å². The van der Waals surface area contributed by atoms with E-state index in [9.17, 15) is 4.79 Å².